The lowest BCUT2D eigenvalue weighted by molar-refractivity contribution is 0.669. The monoisotopic (exact) mass is 243 g/mol. The van der Waals surface area contributed by atoms with E-state index in [9.17, 15) is 0 Å². The van der Waals surface area contributed by atoms with Crippen molar-refractivity contribution in [1.82, 2.24) is 15.1 Å². The molecular formula is C15H21N3. The minimum absolute atomic E-state index is 0.891. The molecule has 18 heavy (non-hydrogen) atoms. The summed E-state index contributed by atoms with van der Waals surface area (Å²) in [5, 5.41) is 8.00. The number of benzene rings is 1. The highest BCUT2D eigenvalue weighted by atomic mass is 15.3. The second kappa shape index (κ2) is 5.83. The van der Waals surface area contributed by atoms with Gasteiger partial charge in [-0.3, -0.25) is 0 Å². The Morgan fingerprint density at radius 1 is 1.22 bits per heavy atom. The van der Waals surface area contributed by atoms with Gasteiger partial charge in [-0.1, -0.05) is 25.1 Å². The highest BCUT2D eigenvalue weighted by Crippen LogP contribution is 2.16. The second-order valence-corrected chi connectivity index (χ2v) is 4.64. The van der Waals surface area contributed by atoms with E-state index in [4.69, 9.17) is 0 Å². The van der Waals surface area contributed by atoms with Crippen LogP contribution in [0.1, 0.15) is 30.3 Å². The third-order valence-corrected chi connectivity index (χ3v) is 2.97. The molecule has 0 aliphatic heterocycles. The van der Waals surface area contributed by atoms with Crippen LogP contribution < -0.4 is 5.32 Å². The van der Waals surface area contributed by atoms with E-state index in [1.807, 2.05) is 11.6 Å². The van der Waals surface area contributed by atoms with Crippen molar-refractivity contribution in [2.75, 3.05) is 6.54 Å². The summed E-state index contributed by atoms with van der Waals surface area (Å²) >= 11 is 0. The third kappa shape index (κ3) is 2.79. The molecule has 3 heteroatoms. The Labute approximate surface area is 109 Å². The lowest BCUT2D eigenvalue weighted by Crippen LogP contribution is -2.16. The van der Waals surface area contributed by atoms with Gasteiger partial charge in [-0.2, -0.15) is 5.10 Å². The largest absolute Gasteiger partial charge is 0.313 e. The van der Waals surface area contributed by atoms with Crippen LogP contribution in [-0.4, -0.2) is 16.3 Å². The van der Waals surface area contributed by atoms with Crippen LogP contribution in [0, 0.1) is 13.8 Å². The van der Waals surface area contributed by atoms with Crippen LogP contribution in [0.25, 0.3) is 5.69 Å². The first kappa shape index (κ1) is 12.8. The van der Waals surface area contributed by atoms with E-state index in [-0.39, 0.29) is 0 Å². The summed E-state index contributed by atoms with van der Waals surface area (Å²) in [6.07, 6.45) is 1.15. The summed E-state index contributed by atoms with van der Waals surface area (Å²) < 4.78 is 2.03. The molecule has 1 heterocycles. The predicted molar refractivity (Wildman–Crippen MR) is 75.0 cm³/mol. The van der Waals surface area contributed by atoms with Crippen LogP contribution in [-0.2, 0) is 6.54 Å². The first-order chi connectivity index (χ1) is 8.72. The van der Waals surface area contributed by atoms with E-state index in [0.717, 1.165) is 25.2 Å². The van der Waals surface area contributed by atoms with E-state index in [1.54, 1.807) is 0 Å². The molecule has 96 valence electrons. The Balaban J connectivity index is 2.29. The normalized spacial score (nSPS) is 10.8. The number of nitrogens with zero attached hydrogens (tertiary/aromatic N) is 2. The van der Waals surface area contributed by atoms with Gasteiger partial charge in [-0.25, -0.2) is 4.68 Å². The van der Waals surface area contributed by atoms with Gasteiger partial charge < -0.3 is 5.32 Å². The van der Waals surface area contributed by atoms with Crippen molar-refractivity contribution in [2.45, 2.75) is 33.7 Å². The van der Waals surface area contributed by atoms with E-state index >= 15 is 0 Å². The van der Waals surface area contributed by atoms with Gasteiger partial charge in [0, 0.05) is 12.2 Å². The van der Waals surface area contributed by atoms with E-state index < -0.39 is 0 Å². The van der Waals surface area contributed by atoms with Crippen LogP contribution >= 0.6 is 0 Å². The van der Waals surface area contributed by atoms with Gasteiger partial charge in [-0.15, -0.1) is 0 Å². The number of nitrogens with one attached hydrogen (secondary N) is 1. The quantitative estimate of drug-likeness (QED) is 0.818. The molecule has 0 saturated carbocycles. The molecule has 0 spiro atoms. The van der Waals surface area contributed by atoms with Crippen LogP contribution in [0.15, 0.2) is 30.3 Å². The maximum Gasteiger partial charge on any atom is 0.0693 e. The van der Waals surface area contributed by atoms with Crippen molar-refractivity contribution < 1.29 is 0 Å². The van der Waals surface area contributed by atoms with Gasteiger partial charge in [-0.05, 0) is 44.5 Å². The van der Waals surface area contributed by atoms with Crippen LogP contribution in [0.5, 0.6) is 0 Å². The summed E-state index contributed by atoms with van der Waals surface area (Å²) in [5.74, 6) is 0. The Morgan fingerprint density at radius 3 is 2.67 bits per heavy atom. The second-order valence-electron chi connectivity index (χ2n) is 4.64. The number of hydrogen-bond acceptors (Lipinski definition) is 2. The maximum absolute atomic E-state index is 4.56. The van der Waals surface area contributed by atoms with Crippen LogP contribution in [0.3, 0.4) is 0 Å². The fourth-order valence-electron chi connectivity index (χ4n) is 2.14. The van der Waals surface area contributed by atoms with Crippen molar-refractivity contribution in [2.24, 2.45) is 0 Å². The number of aromatic nitrogens is 2. The van der Waals surface area contributed by atoms with Gasteiger partial charge in [0.1, 0.15) is 0 Å². The molecular weight excluding hydrogens is 222 g/mol. The molecule has 0 bridgehead atoms. The maximum atomic E-state index is 4.56. The number of aryl methyl sites for hydroxylation is 2. The van der Waals surface area contributed by atoms with Gasteiger partial charge in [0.2, 0.25) is 0 Å². The summed E-state index contributed by atoms with van der Waals surface area (Å²) in [5.41, 5.74) is 4.70. The van der Waals surface area contributed by atoms with Crippen molar-refractivity contribution in [3.05, 3.63) is 47.3 Å². The molecule has 1 aromatic carbocycles. The zero-order chi connectivity index (χ0) is 13.0. The Bertz CT molecular complexity index is 514. The van der Waals surface area contributed by atoms with Crippen molar-refractivity contribution >= 4 is 0 Å². The summed E-state index contributed by atoms with van der Waals surface area (Å²) in [6.45, 7) is 8.24. The first-order valence-electron chi connectivity index (χ1n) is 6.54. The lowest BCUT2D eigenvalue weighted by atomic mass is 10.1. The fourth-order valence-corrected chi connectivity index (χ4v) is 2.14. The predicted octanol–water partition coefficient (Wildman–Crippen LogP) is 2.99. The molecule has 0 aliphatic carbocycles. The molecule has 0 saturated heterocycles. The fraction of sp³-hybridized carbons (Fsp3) is 0.400. The first-order valence-corrected chi connectivity index (χ1v) is 6.54. The molecule has 2 rings (SSSR count). The minimum atomic E-state index is 0.891. The summed E-state index contributed by atoms with van der Waals surface area (Å²) in [4.78, 5) is 0. The Hall–Kier alpha value is -1.61. The van der Waals surface area contributed by atoms with Gasteiger partial charge in [0.15, 0.2) is 0 Å². The van der Waals surface area contributed by atoms with Crippen LogP contribution in [0.2, 0.25) is 0 Å². The Kier molecular flexibility index (Phi) is 4.15. The summed E-state index contributed by atoms with van der Waals surface area (Å²) in [7, 11) is 0. The molecule has 0 aliphatic rings. The van der Waals surface area contributed by atoms with Crippen LogP contribution in [0.4, 0.5) is 0 Å². The highest BCUT2D eigenvalue weighted by Gasteiger charge is 2.07. The molecule has 0 unspecified atom stereocenters. The SMILES string of the molecule is CCCNCc1ccccc1-n1nc(C)cc1C. The van der Waals surface area contributed by atoms with E-state index in [2.05, 4.69) is 54.6 Å². The number of rotatable bonds is 5. The number of hydrogen-bond donors (Lipinski definition) is 1. The number of para-hydroxylation sites is 1. The zero-order valence-electron chi connectivity index (χ0n) is 11.4. The standard InChI is InChI=1S/C15H21N3/c1-4-9-16-11-14-7-5-6-8-15(14)18-13(3)10-12(2)17-18/h5-8,10,16H,4,9,11H2,1-3H3. The van der Waals surface area contributed by atoms with Crippen molar-refractivity contribution in [3.63, 3.8) is 0 Å². The van der Waals surface area contributed by atoms with E-state index in [0.29, 0.717) is 0 Å². The smallest absolute Gasteiger partial charge is 0.0693 e. The van der Waals surface area contributed by atoms with Gasteiger partial charge in [0.25, 0.3) is 0 Å². The average molecular weight is 243 g/mol. The summed E-state index contributed by atoms with van der Waals surface area (Å²) in [6, 6.07) is 10.5. The highest BCUT2D eigenvalue weighted by molar-refractivity contribution is 5.41. The van der Waals surface area contributed by atoms with E-state index in [1.165, 1.54) is 16.9 Å². The minimum Gasteiger partial charge on any atom is -0.313 e. The molecule has 2 aromatic rings. The lowest BCUT2D eigenvalue weighted by Gasteiger charge is -2.11. The molecule has 3 nitrogen and oxygen atoms in total. The van der Waals surface area contributed by atoms with Gasteiger partial charge in [0.05, 0.1) is 11.4 Å². The topological polar surface area (TPSA) is 29.9 Å². The molecule has 1 aromatic heterocycles. The molecule has 0 atom stereocenters. The third-order valence-electron chi connectivity index (χ3n) is 2.97. The molecule has 1 N–H and O–H groups in total. The van der Waals surface area contributed by atoms with Gasteiger partial charge >= 0.3 is 0 Å². The molecule has 0 amide bonds. The molecule has 0 radical (unpaired) electrons. The Morgan fingerprint density at radius 2 is 2.00 bits per heavy atom. The van der Waals surface area contributed by atoms with Crippen molar-refractivity contribution in [3.8, 4) is 5.69 Å². The average Bonchev–Trinajstić information content (AvgIpc) is 2.69. The zero-order valence-corrected chi connectivity index (χ0v) is 11.4. The van der Waals surface area contributed by atoms with Crippen molar-refractivity contribution in [1.29, 1.82) is 0 Å². The molecule has 0 fully saturated rings.